The van der Waals surface area contributed by atoms with Gasteiger partial charge in [-0.3, -0.25) is 4.79 Å². The number of hydrogen-bond acceptors (Lipinski definition) is 2. The summed E-state index contributed by atoms with van der Waals surface area (Å²) in [5, 5.41) is 3.38. The Morgan fingerprint density at radius 1 is 1.26 bits per heavy atom. The van der Waals surface area contributed by atoms with Crippen LogP contribution in [0.5, 0.6) is 0 Å². The largest absolute Gasteiger partial charge is 0.336 e. The van der Waals surface area contributed by atoms with Gasteiger partial charge < -0.3 is 10.2 Å². The summed E-state index contributed by atoms with van der Waals surface area (Å²) in [5.41, 5.74) is 0.825. The van der Waals surface area contributed by atoms with Crippen molar-refractivity contribution in [3.8, 4) is 0 Å². The van der Waals surface area contributed by atoms with Crippen LogP contribution in [0.15, 0.2) is 30.3 Å². The Morgan fingerprint density at radius 2 is 1.84 bits per heavy atom. The molecule has 0 aromatic heterocycles. The van der Waals surface area contributed by atoms with E-state index in [1.54, 1.807) is 24.3 Å². The molecule has 1 heterocycles. The predicted octanol–water partition coefficient (Wildman–Crippen LogP) is 2.05. The number of benzene rings is 1. The van der Waals surface area contributed by atoms with Gasteiger partial charge in [0.25, 0.3) is 0 Å². The lowest BCUT2D eigenvalue weighted by molar-refractivity contribution is -0.127. The molecule has 1 N–H and O–H groups in total. The second-order valence-corrected chi connectivity index (χ2v) is 5.10. The molecule has 1 aliphatic heterocycles. The monoisotopic (exact) mass is 262 g/mol. The summed E-state index contributed by atoms with van der Waals surface area (Å²) in [5.74, 6) is -0.266. The predicted molar refractivity (Wildman–Crippen MR) is 74.1 cm³/mol. The number of halogens is 1. The fourth-order valence-electron chi connectivity index (χ4n) is 2.35. The van der Waals surface area contributed by atoms with Crippen LogP contribution in [0.25, 0.3) is 6.08 Å². The molecule has 1 aromatic carbocycles. The van der Waals surface area contributed by atoms with Crippen LogP contribution >= 0.6 is 0 Å². The lowest BCUT2D eigenvalue weighted by Gasteiger charge is -2.35. The van der Waals surface area contributed by atoms with E-state index < -0.39 is 0 Å². The lowest BCUT2D eigenvalue weighted by Crippen LogP contribution is -2.55. The van der Waals surface area contributed by atoms with E-state index in [0.29, 0.717) is 12.1 Å². The van der Waals surface area contributed by atoms with E-state index in [1.807, 2.05) is 4.90 Å². The molecule has 1 fully saturated rings. The molecule has 0 unspecified atom stereocenters. The summed E-state index contributed by atoms with van der Waals surface area (Å²) in [6.45, 7) is 5.58. The quantitative estimate of drug-likeness (QED) is 0.827. The molecular formula is C15H19FN2O. The molecule has 102 valence electrons. The normalized spacial score (nSPS) is 23.8. The molecule has 3 nitrogen and oxygen atoms in total. The average molecular weight is 262 g/mol. The number of rotatable bonds is 2. The second kappa shape index (κ2) is 5.97. The zero-order valence-electron chi connectivity index (χ0n) is 11.3. The molecule has 19 heavy (non-hydrogen) atoms. The van der Waals surface area contributed by atoms with Crippen molar-refractivity contribution in [1.82, 2.24) is 10.2 Å². The third-order valence-electron chi connectivity index (χ3n) is 3.16. The fourth-order valence-corrected chi connectivity index (χ4v) is 2.35. The van der Waals surface area contributed by atoms with E-state index in [4.69, 9.17) is 0 Å². The molecule has 1 saturated heterocycles. The van der Waals surface area contributed by atoms with Gasteiger partial charge in [0, 0.05) is 31.2 Å². The third kappa shape index (κ3) is 3.89. The first-order chi connectivity index (χ1) is 9.04. The third-order valence-corrected chi connectivity index (χ3v) is 3.16. The van der Waals surface area contributed by atoms with Crippen LogP contribution < -0.4 is 5.32 Å². The Kier molecular flexibility index (Phi) is 4.32. The second-order valence-electron chi connectivity index (χ2n) is 5.10. The minimum absolute atomic E-state index is 0.00419. The molecular weight excluding hydrogens is 243 g/mol. The lowest BCUT2D eigenvalue weighted by atomic mass is 10.1. The molecule has 1 aromatic rings. The molecule has 1 aliphatic rings. The highest BCUT2D eigenvalue weighted by molar-refractivity contribution is 5.91. The molecule has 2 atom stereocenters. The van der Waals surface area contributed by atoms with Gasteiger partial charge in [0.1, 0.15) is 5.82 Å². The van der Waals surface area contributed by atoms with E-state index in [0.717, 1.165) is 18.7 Å². The summed E-state index contributed by atoms with van der Waals surface area (Å²) in [6, 6.07) is 6.71. The number of amides is 1. The van der Waals surface area contributed by atoms with E-state index >= 15 is 0 Å². The standard InChI is InChI=1S/C15H19FN2O/c1-11-9-18(10-12(2)17-11)15(19)8-5-13-3-6-14(16)7-4-13/h3-8,11-12,17H,9-10H2,1-2H3/b8-5-/t11-,12-/m1/s1. The van der Waals surface area contributed by atoms with Gasteiger partial charge in [0.2, 0.25) is 5.91 Å². The average Bonchev–Trinajstić information content (AvgIpc) is 2.36. The minimum atomic E-state index is -0.270. The van der Waals surface area contributed by atoms with Gasteiger partial charge in [0.15, 0.2) is 0 Å². The maximum Gasteiger partial charge on any atom is 0.246 e. The summed E-state index contributed by atoms with van der Waals surface area (Å²) >= 11 is 0. The summed E-state index contributed by atoms with van der Waals surface area (Å²) in [4.78, 5) is 13.9. The topological polar surface area (TPSA) is 32.3 Å². The molecule has 0 radical (unpaired) electrons. The van der Waals surface area contributed by atoms with Crippen LogP contribution in [0, 0.1) is 5.82 Å². The minimum Gasteiger partial charge on any atom is -0.336 e. The van der Waals surface area contributed by atoms with Crippen LogP contribution in [0.3, 0.4) is 0 Å². The summed E-state index contributed by atoms with van der Waals surface area (Å²) in [7, 11) is 0. The van der Waals surface area contributed by atoms with Crippen LogP contribution in [-0.2, 0) is 4.79 Å². The zero-order chi connectivity index (χ0) is 13.8. The molecule has 0 bridgehead atoms. The van der Waals surface area contributed by atoms with E-state index in [-0.39, 0.29) is 11.7 Å². The molecule has 0 aliphatic carbocycles. The highest BCUT2D eigenvalue weighted by atomic mass is 19.1. The van der Waals surface area contributed by atoms with Crippen molar-refractivity contribution < 1.29 is 9.18 Å². The first-order valence-corrected chi connectivity index (χ1v) is 6.53. The maximum atomic E-state index is 12.8. The Bertz CT molecular complexity index is 460. The van der Waals surface area contributed by atoms with E-state index in [9.17, 15) is 9.18 Å². The Labute approximate surface area is 113 Å². The Balaban J connectivity index is 1.98. The molecule has 4 heteroatoms. The van der Waals surface area contributed by atoms with Gasteiger partial charge in [-0.2, -0.15) is 0 Å². The SMILES string of the molecule is C[C@@H]1CN(C(=O)/C=C\c2ccc(F)cc2)C[C@@H](C)N1. The van der Waals surface area contributed by atoms with Crippen LogP contribution in [0.1, 0.15) is 19.4 Å². The van der Waals surface area contributed by atoms with Crippen molar-refractivity contribution in [3.05, 3.63) is 41.7 Å². The van der Waals surface area contributed by atoms with E-state index in [1.165, 1.54) is 12.1 Å². The Hall–Kier alpha value is -1.68. The Morgan fingerprint density at radius 3 is 2.42 bits per heavy atom. The number of nitrogens with zero attached hydrogens (tertiary/aromatic N) is 1. The number of piperazine rings is 1. The number of carbonyl (C=O) groups excluding carboxylic acids is 1. The molecule has 0 saturated carbocycles. The smallest absolute Gasteiger partial charge is 0.246 e. The first-order valence-electron chi connectivity index (χ1n) is 6.53. The highest BCUT2D eigenvalue weighted by Crippen LogP contribution is 2.08. The van der Waals surface area contributed by atoms with Crippen LogP contribution in [0.2, 0.25) is 0 Å². The number of nitrogens with one attached hydrogen (secondary N) is 1. The first kappa shape index (κ1) is 13.7. The molecule has 1 amide bonds. The van der Waals surface area contributed by atoms with Gasteiger partial charge in [-0.1, -0.05) is 12.1 Å². The van der Waals surface area contributed by atoms with Gasteiger partial charge in [0.05, 0.1) is 0 Å². The zero-order valence-corrected chi connectivity index (χ0v) is 11.3. The highest BCUT2D eigenvalue weighted by Gasteiger charge is 2.23. The van der Waals surface area contributed by atoms with Gasteiger partial charge in [-0.05, 0) is 37.6 Å². The van der Waals surface area contributed by atoms with Gasteiger partial charge in [-0.15, -0.1) is 0 Å². The van der Waals surface area contributed by atoms with Crippen LogP contribution in [0.4, 0.5) is 4.39 Å². The summed E-state index contributed by atoms with van der Waals surface area (Å²) in [6.07, 6.45) is 3.27. The fraction of sp³-hybridized carbons (Fsp3) is 0.400. The van der Waals surface area contributed by atoms with Crippen molar-refractivity contribution in [2.24, 2.45) is 0 Å². The molecule has 2 rings (SSSR count). The van der Waals surface area contributed by atoms with E-state index in [2.05, 4.69) is 19.2 Å². The number of hydrogen-bond donors (Lipinski definition) is 1. The summed E-state index contributed by atoms with van der Waals surface area (Å²) < 4.78 is 12.8. The van der Waals surface area contributed by atoms with Crippen molar-refractivity contribution in [3.63, 3.8) is 0 Å². The van der Waals surface area contributed by atoms with Crippen LogP contribution in [-0.4, -0.2) is 36.0 Å². The van der Waals surface area contributed by atoms with Crippen molar-refractivity contribution in [2.75, 3.05) is 13.1 Å². The van der Waals surface area contributed by atoms with Gasteiger partial charge >= 0.3 is 0 Å². The van der Waals surface area contributed by atoms with Crippen molar-refractivity contribution in [1.29, 1.82) is 0 Å². The van der Waals surface area contributed by atoms with Crippen molar-refractivity contribution >= 4 is 12.0 Å². The van der Waals surface area contributed by atoms with Crippen molar-refractivity contribution in [2.45, 2.75) is 25.9 Å². The molecule has 0 spiro atoms. The van der Waals surface area contributed by atoms with Gasteiger partial charge in [-0.25, -0.2) is 4.39 Å². The maximum absolute atomic E-state index is 12.8. The number of carbonyl (C=O) groups is 1.